The van der Waals surface area contributed by atoms with Crippen molar-refractivity contribution in [1.29, 1.82) is 0 Å². The van der Waals surface area contributed by atoms with Crippen molar-refractivity contribution in [3.05, 3.63) is 59.2 Å². The van der Waals surface area contributed by atoms with Crippen LogP contribution in [0.4, 0.5) is 0 Å². The summed E-state index contributed by atoms with van der Waals surface area (Å²) in [7, 11) is 1.68. The van der Waals surface area contributed by atoms with Gasteiger partial charge in [-0.1, -0.05) is 30.0 Å². The first-order chi connectivity index (χ1) is 11.7. The van der Waals surface area contributed by atoms with E-state index in [1.165, 1.54) is 11.1 Å². The molecule has 0 radical (unpaired) electrons. The standard InChI is InChI=1S/C19H18N2O2S/c1-23-13-5-2-11(3-6-13)14-8-9-21-19-17(14)15-7-4-12(18(20)22)10-16(15)24-19/h2-7,9-10,14,17,19H,8H2,1H3,(H2,20,22). The molecule has 0 aliphatic carbocycles. The molecule has 2 aromatic rings. The van der Waals surface area contributed by atoms with Crippen molar-refractivity contribution >= 4 is 23.9 Å². The minimum atomic E-state index is -0.386. The molecular formula is C19H18N2O2S. The Morgan fingerprint density at radius 2 is 2.04 bits per heavy atom. The number of rotatable bonds is 3. The molecule has 0 aromatic heterocycles. The van der Waals surface area contributed by atoms with E-state index in [1.807, 2.05) is 36.5 Å². The molecule has 4 rings (SSSR count). The summed E-state index contributed by atoms with van der Waals surface area (Å²) in [5.74, 6) is 1.19. The Labute approximate surface area is 145 Å². The van der Waals surface area contributed by atoms with Gasteiger partial charge >= 0.3 is 0 Å². The van der Waals surface area contributed by atoms with E-state index in [2.05, 4.69) is 17.1 Å². The topological polar surface area (TPSA) is 64.7 Å². The number of amides is 1. The first-order valence-electron chi connectivity index (χ1n) is 7.93. The highest BCUT2D eigenvalue weighted by molar-refractivity contribution is 8.00. The number of nitrogens with two attached hydrogens (primary N) is 1. The molecule has 0 spiro atoms. The summed E-state index contributed by atoms with van der Waals surface area (Å²) in [5.41, 5.74) is 8.54. The van der Waals surface area contributed by atoms with Crippen LogP contribution in [0.1, 0.15) is 39.7 Å². The zero-order valence-corrected chi connectivity index (χ0v) is 14.1. The van der Waals surface area contributed by atoms with Gasteiger partial charge in [-0.25, -0.2) is 0 Å². The van der Waals surface area contributed by atoms with Gasteiger partial charge in [-0.3, -0.25) is 9.79 Å². The molecule has 24 heavy (non-hydrogen) atoms. The van der Waals surface area contributed by atoms with Crippen LogP contribution in [-0.4, -0.2) is 24.6 Å². The molecule has 5 heteroatoms. The molecule has 2 N–H and O–H groups in total. The summed E-state index contributed by atoms with van der Waals surface area (Å²) in [6.07, 6.45) is 2.95. The number of ether oxygens (including phenoxy) is 1. The van der Waals surface area contributed by atoms with Crippen LogP contribution in [-0.2, 0) is 0 Å². The van der Waals surface area contributed by atoms with Crippen LogP contribution < -0.4 is 10.5 Å². The third-order valence-electron chi connectivity index (χ3n) is 4.80. The number of methoxy groups -OCH3 is 1. The van der Waals surface area contributed by atoms with Gasteiger partial charge in [0.1, 0.15) is 11.1 Å². The van der Waals surface area contributed by atoms with Crippen molar-refractivity contribution in [3.8, 4) is 5.75 Å². The van der Waals surface area contributed by atoms with Crippen molar-refractivity contribution in [2.75, 3.05) is 7.11 Å². The molecule has 0 bridgehead atoms. The molecule has 0 fully saturated rings. The minimum Gasteiger partial charge on any atom is -0.497 e. The maximum atomic E-state index is 11.4. The number of benzene rings is 2. The molecule has 3 unspecified atom stereocenters. The smallest absolute Gasteiger partial charge is 0.248 e. The van der Waals surface area contributed by atoms with Crippen LogP contribution in [0, 0.1) is 0 Å². The maximum Gasteiger partial charge on any atom is 0.248 e. The maximum absolute atomic E-state index is 11.4. The van der Waals surface area contributed by atoms with Crippen LogP contribution in [0.3, 0.4) is 0 Å². The molecule has 2 aliphatic heterocycles. The summed E-state index contributed by atoms with van der Waals surface area (Å²) in [4.78, 5) is 17.2. The minimum absolute atomic E-state index is 0.170. The SMILES string of the molecule is COc1ccc(C2CC=NC3Sc4cc(C(N)=O)ccc4C32)cc1. The van der Waals surface area contributed by atoms with E-state index in [9.17, 15) is 4.79 Å². The van der Waals surface area contributed by atoms with Gasteiger partial charge in [0.25, 0.3) is 0 Å². The summed E-state index contributed by atoms with van der Waals surface area (Å²) in [5, 5.41) is 0.170. The Balaban J connectivity index is 1.72. The molecular weight excluding hydrogens is 320 g/mol. The van der Waals surface area contributed by atoms with E-state index in [0.29, 0.717) is 17.4 Å². The number of nitrogens with zero attached hydrogens (tertiary/aromatic N) is 1. The van der Waals surface area contributed by atoms with E-state index in [4.69, 9.17) is 10.5 Å². The van der Waals surface area contributed by atoms with Crippen molar-refractivity contribution in [3.63, 3.8) is 0 Å². The number of fused-ring (bicyclic) bond motifs is 3. The Bertz CT molecular complexity index is 817. The van der Waals surface area contributed by atoms with E-state index in [1.54, 1.807) is 18.9 Å². The van der Waals surface area contributed by atoms with Gasteiger partial charge in [-0.05, 0) is 47.7 Å². The van der Waals surface area contributed by atoms with E-state index in [0.717, 1.165) is 17.1 Å². The highest BCUT2D eigenvalue weighted by Crippen LogP contribution is 2.54. The highest BCUT2D eigenvalue weighted by atomic mass is 32.2. The molecule has 2 aromatic carbocycles. The van der Waals surface area contributed by atoms with Crippen LogP contribution in [0.5, 0.6) is 5.75 Å². The predicted octanol–water partition coefficient (Wildman–Crippen LogP) is 3.57. The van der Waals surface area contributed by atoms with Gasteiger partial charge in [0.05, 0.1) is 7.11 Å². The van der Waals surface area contributed by atoms with Crippen LogP contribution in [0.15, 0.2) is 52.4 Å². The molecule has 2 heterocycles. The summed E-state index contributed by atoms with van der Waals surface area (Å²) >= 11 is 1.73. The largest absolute Gasteiger partial charge is 0.497 e. The second kappa shape index (κ2) is 5.98. The van der Waals surface area contributed by atoms with Crippen LogP contribution >= 0.6 is 11.8 Å². The Morgan fingerprint density at radius 3 is 2.75 bits per heavy atom. The number of primary amides is 1. The first kappa shape index (κ1) is 15.3. The predicted molar refractivity (Wildman–Crippen MR) is 96.2 cm³/mol. The Hall–Kier alpha value is -2.27. The Morgan fingerprint density at radius 1 is 1.25 bits per heavy atom. The lowest BCUT2D eigenvalue weighted by Gasteiger charge is -2.30. The lowest BCUT2D eigenvalue weighted by atomic mass is 9.78. The van der Waals surface area contributed by atoms with Crippen molar-refractivity contribution in [1.82, 2.24) is 0 Å². The van der Waals surface area contributed by atoms with Gasteiger partial charge in [-0.15, -0.1) is 0 Å². The molecule has 2 aliphatic rings. The highest BCUT2D eigenvalue weighted by Gasteiger charge is 2.40. The molecule has 0 saturated heterocycles. The van der Waals surface area contributed by atoms with Gasteiger partial charge in [0, 0.05) is 22.6 Å². The number of carbonyl (C=O) groups excluding carboxylic acids is 1. The van der Waals surface area contributed by atoms with Crippen molar-refractivity contribution in [2.45, 2.75) is 28.5 Å². The fourth-order valence-electron chi connectivity index (χ4n) is 3.58. The second-order valence-electron chi connectivity index (χ2n) is 6.10. The second-order valence-corrected chi connectivity index (χ2v) is 7.26. The molecule has 4 nitrogen and oxygen atoms in total. The fraction of sp³-hybridized carbons (Fsp3) is 0.263. The average Bonchev–Trinajstić information content (AvgIpc) is 2.99. The van der Waals surface area contributed by atoms with Gasteiger partial charge in [0.2, 0.25) is 5.91 Å². The van der Waals surface area contributed by atoms with Gasteiger partial charge < -0.3 is 10.5 Å². The van der Waals surface area contributed by atoms with E-state index in [-0.39, 0.29) is 11.3 Å². The normalized spacial score (nSPS) is 24.3. The lowest BCUT2D eigenvalue weighted by molar-refractivity contribution is 0.1000. The van der Waals surface area contributed by atoms with Gasteiger partial charge in [0.15, 0.2) is 0 Å². The van der Waals surface area contributed by atoms with Crippen LogP contribution in [0.2, 0.25) is 0 Å². The third-order valence-corrected chi connectivity index (χ3v) is 6.07. The molecule has 1 amide bonds. The number of hydrogen-bond acceptors (Lipinski definition) is 4. The number of aliphatic imine (C=N–C) groups is 1. The van der Waals surface area contributed by atoms with Crippen molar-refractivity contribution in [2.24, 2.45) is 10.7 Å². The fourth-order valence-corrected chi connectivity index (χ4v) is 5.01. The number of hydrogen-bond donors (Lipinski definition) is 1. The van der Waals surface area contributed by atoms with Gasteiger partial charge in [-0.2, -0.15) is 0 Å². The zero-order chi connectivity index (χ0) is 16.7. The third kappa shape index (κ3) is 2.49. The molecule has 0 saturated carbocycles. The zero-order valence-electron chi connectivity index (χ0n) is 13.3. The monoisotopic (exact) mass is 338 g/mol. The first-order valence-corrected chi connectivity index (χ1v) is 8.81. The lowest BCUT2D eigenvalue weighted by Crippen LogP contribution is -2.22. The molecule has 3 atom stereocenters. The Kier molecular flexibility index (Phi) is 3.81. The number of carbonyl (C=O) groups is 1. The summed E-state index contributed by atoms with van der Waals surface area (Å²) in [6.45, 7) is 0. The van der Waals surface area contributed by atoms with Crippen molar-refractivity contribution < 1.29 is 9.53 Å². The van der Waals surface area contributed by atoms with Crippen LogP contribution in [0.25, 0.3) is 0 Å². The average molecular weight is 338 g/mol. The number of thioether (sulfide) groups is 1. The van der Waals surface area contributed by atoms with E-state index < -0.39 is 0 Å². The molecule has 122 valence electrons. The van der Waals surface area contributed by atoms with E-state index >= 15 is 0 Å². The summed E-state index contributed by atoms with van der Waals surface area (Å²) in [6, 6.07) is 14.1. The summed E-state index contributed by atoms with van der Waals surface area (Å²) < 4.78 is 5.26. The quantitative estimate of drug-likeness (QED) is 0.930.